The molecule has 100 valence electrons. The standard InChI is InChI=1S/C15H16FNO2/c16-13-5-3-10(4-6-13)14(18)12-7-8-17(9-12)15(19)11-1-2-11/h3-6,11-12H,1-2,7-9H2. The van der Waals surface area contributed by atoms with E-state index in [9.17, 15) is 14.0 Å². The Kier molecular flexibility index (Phi) is 3.09. The zero-order chi connectivity index (χ0) is 13.4. The SMILES string of the molecule is O=C(c1ccc(F)cc1)C1CCN(C(=O)C2CC2)C1. The van der Waals surface area contributed by atoms with Crippen LogP contribution in [0.3, 0.4) is 0 Å². The number of halogens is 1. The van der Waals surface area contributed by atoms with Crippen molar-refractivity contribution in [2.24, 2.45) is 11.8 Å². The van der Waals surface area contributed by atoms with Gasteiger partial charge in [-0.3, -0.25) is 9.59 Å². The number of hydrogen-bond acceptors (Lipinski definition) is 2. The molecule has 1 aromatic carbocycles. The highest BCUT2D eigenvalue weighted by Gasteiger charge is 2.38. The van der Waals surface area contributed by atoms with Crippen LogP contribution in [0.4, 0.5) is 4.39 Å². The summed E-state index contributed by atoms with van der Waals surface area (Å²) in [5.74, 6) is -0.0400. The van der Waals surface area contributed by atoms with Gasteiger partial charge in [-0.1, -0.05) is 0 Å². The van der Waals surface area contributed by atoms with Gasteiger partial charge in [-0.15, -0.1) is 0 Å². The lowest BCUT2D eigenvalue weighted by Gasteiger charge is -2.15. The molecule has 4 heteroatoms. The Bertz CT molecular complexity index is 507. The van der Waals surface area contributed by atoms with E-state index in [4.69, 9.17) is 0 Å². The van der Waals surface area contributed by atoms with Crippen molar-refractivity contribution in [1.29, 1.82) is 0 Å². The van der Waals surface area contributed by atoms with Crippen LogP contribution in [0.1, 0.15) is 29.6 Å². The van der Waals surface area contributed by atoms with Crippen LogP contribution in [0.5, 0.6) is 0 Å². The van der Waals surface area contributed by atoms with Gasteiger partial charge in [0.1, 0.15) is 5.82 Å². The van der Waals surface area contributed by atoms with Crippen molar-refractivity contribution in [3.8, 4) is 0 Å². The number of Topliss-reactive ketones (excluding diaryl/α,β-unsaturated/α-hetero) is 1. The van der Waals surface area contributed by atoms with Gasteiger partial charge in [0.15, 0.2) is 5.78 Å². The average molecular weight is 261 g/mol. The fraction of sp³-hybridized carbons (Fsp3) is 0.467. The van der Waals surface area contributed by atoms with Crippen LogP contribution in [0, 0.1) is 17.7 Å². The number of rotatable bonds is 3. The van der Waals surface area contributed by atoms with Gasteiger partial charge in [-0.25, -0.2) is 4.39 Å². The number of carbonyl (C=O) groups excluding carboxylic acids is 2. The van der Waals surface area contributed by atoms with E-state index in [1.165, 1.54) is 24.3 Å². The minimum Gasteiger partial charge on any atom is -0.342 e. The fourth-order valence-corrected chi connectivity index (χ4v) is 2.61. The first-order valence-electron chi connectivity index (χ1n) is 6.74. The van der Waals surface area contributed by atoms with Crippen LogP contribution in [0.15, 0.2) is 24.3 Å². The Morgan fingerprint density at radius 1 is 1.05 bits per heavy atom. The Labute approximate surface area is 111 Å². The summed E-state index contributed by atoms with van der Waals surface area (Å²) in [5, 5.41) is 0. The van der Waals surface area contributed by atoms with E-state index in [2.05, 4.69) is 0 Å². The topological polar surface area (TPSA) is 37.4 Å². The summed E-state index contributed by atoms with van der Waals surface area (Å²) in [4.78, 5) is 26.0. The van der Waals surface area contributed by atoms with Crippen molar-refractivity contribution in [3.05, 3.63) is 35.6 Å². The predicted molar refractivity (Wildman–Crippen MR) is 68.1 cm³/mol. The number of benzene rings is 1. The van der Waals surface area contributed by atoms with E-state index in [0.29, 0.717) is 25.1 Å². The average Bonchev–Trinajstić information content (AvgIpc) is 3.15. The van der Waals surface area contributed by atoms with E-state index in [-0.39, 0.29) is 29.3 Å². The molecule has 3 nitrogen and oxygen atoms in total. The van der Waals surface area contributed by atoms with Crippen LogP contribution in [-0.2, 0) is 4.79 Å². The van der Waals surface area contributed by atoms with Gasteiger partial charge >= 0.3 is 0 Å². The molecule has 1 heterocycles. The molecule has 1 saturated heterocycles. The van der Waals surface area contributed by atoms with Crippen molar-refractivity contribution >= 4 is 11.7 Å². The number of likely N-dealkylation sites (tertiary alicyclic amines) is 1. The second-order valence-electron chi connectivity index (χ2n) is 5.42. The Hall–Kier alpha value is -1.71. The lowest BCUT2D eigenvalue weighted by molar-refractivity contribution is -0.131. The van der Waals surface area contributed by atoms with Crippen LogP contribution in [0.2, 0.25) is 0 Å². The third-order valence-electron chi connectivity index (χ3n) is 3.93. The molecule has 1 atom stereocenters. The van der Waals surface area contributed by atoms with Gasteiger partial charge in [0.05, 0.1) is 0 Å². The Morgan fingerprint density at radius 3 is 2.37 bits per heavy atom. The predicted octanol–water partition coefficient (Wildman–Crippen LogP) is 2.27. The minimum atomic E-state index is -0.339. The second-order valence-corrected chi connectivity index (χ2v) is 5.42. The molecule has 1 aromatic rings. The summed E-state index contributed by atoms with van der Waals surface area (Å²) in [6.07, 6.45) is 2.70. The maximum atomic E-state index is 12.8. The van der Waals surface area contributed by atoms with Gasteiger partial charge in [0, 0.05) is 30.5 Å². The number of ketones is 1. The molecule has 1 unspecified atom stereocenters. The highest BCUT2D eigenvalue weighted by molar-refractivity contribution is 5.98. The highest BCUT2D eigenvalue weighted by Crippen LogP contribution is 2.33. The summed E-state index contributed by atoms with van der Waals surface area (Å²) in [7, 11) is 0. The second kappa shape index (κ2) is 4.76. The van der Waals surface area contributed by atoms with Crippen molar-refractivity contribution < 1.29 is 14.0 Å². The molecule has 0 aromatic heterocycles. The van der Waals surface area contributed by atoms with Gasteiger partial charge in [-0.05, 0) is 43.5 Å². The first kappa shape index (κ1) is 12.3. The van der Waals surface area contributed by atoms with Crippen molar-refractivity contribution in [3.63, 3.8) is 0 Å². The monoisotopic (exact) mass is 261 g/mol. The largest absolute Gasteiger partial charge is 0.342 e. The van der Waals surface area contributed by atoms with E-state index in [0.717, 1.165) is 12.8 Å². The van der Waals surface area contributed by atoms with Crippen molar-refractivity contribution in [1.82, 2.24) is 4.90 Å². The molecule has 2 aliphatic rings. The quantitative estimate of drug-likeness (QED) is 0.783. The van der Waals surface area contributed by atoms with Crippen molar-refractivity contribution in [2.45, 2.75) is 19.3 Å². The number of hydrogen-bond donors (Lipinski definition) is 0. The van der Waals surface area contributed by atoms with Gasteiger partial charge < -0.3 is 4.90 Å². The molecule has 0 spiro atoms. The third-order valence-corrected chi connectivity index (χ3v) is 3.93. The van der Waals surface area contributed by atoms with Gasteiger partial charge in [0.25, 0.3) is 0 Å². The van der Waals surface area contributed by atoms with E-state index >= 15 is 0 Å². The highest BCUT2D eigenvalue weighted by atomic mass is 19.1. The summed E-state index contributed by atoms with van der Waals surface area (Å²) in [5.41, 5.74) is 0.534. The molecule has 1 saturated carbocycles. The number of nitrogens with zero attached hydrogens (tertiary/aromatic N) is 1. The van der Waals surface area contributed by atoms with Gasteiger partial charge in [0.2, 0.25) is 5.91 Å². The number of amides is 1. The maximum absolute atomic E-state index is 12.8. The zero-order valence-electron chi connectivity index (χ0n) is 10.6. The first-order chi connectivity index (χ1) is 9.15. The van der Waals surface area contributed by atoms with Crippen LogP contribution in [0.25, 0.3) is 0 Å². The van der Waals surface area contributed by atoms with Crippen LogP contribution < -0.4 is 0 Å². The minimum absolute atomic E-state index is 0.0195. The fourth-order valence-electron chi connectivity index (χ4n) is 2.61. The lowest BCUT2D eigenvalue weighted by atomic mass is 9.97. The number of carbonyl (C=O) groups is 2. The molecule has 19 heavy (non-hydrogen) atoms. The van der Waals surface area contributed by atoms with Crippen molar-refractivity contribution in [2.75, 3.05) is 13.1 Å². The van der Waals surface area contributed by atoms with E-state index < -0.39 is 0 Å². The Balaban J connectivity index is 1.65. The maximum Gasteiger partial charge on any atom is 0.225 e. The summed E-state index contributed by atoms with van der Waals surface area (Å²) >= 11 is 0. The third kappa shape index (κ3) is 2.53. The molecule has 3 rings (SSSR count). The molecule has 1 aliphatic heterocycles. The molecule has 2 fully saturated rings. The first-order valence-corrected chi connectivity index (χ1v) is 6.74. The molecule has 0 bridgehead atoms. The zero-order valence-corrected chi connectivity index (χ0v) is 10.6. The van der Waals surface area contributed by atoms with Crippen LogP contribution >= 0.6 is 0 Å². The molecule has 0 N–H and O–H groups in total. The lowest BCUT2D eigenvalue weighted by Crippen LogP contribution is -2.31. The smallest absolute Gasteiger partial charge is 0.225 e. The summed E-state index contributed by atoms with van der Waals surface area (Å²) < 4.78 is 12.8. The van der Waals surface area contributed by atoms with Crippen LogP contribution in [-0.4, -0.2) is 29.7 Å². The molecular weight excluding hydrogens is 245 g/mol. The summed E-state index contributed by atoms with van der Waals surface area (Å²) in [6, 6.07) is 5.64. The normalized spacial score (nSPS) is 22.6. The summed E-state index contributed by atoms with van der Waals surface area (Å²) in [6.45, 7) is 1.19. The Morgan fingerprint density at radius 2 is 1.74 bits per heavy atom. The van der Waals surface area contributed by atoms with Gasteiger partial charge in [-0.2, -0.15) is 0 Å². The van der Waals surface area contributed by atoms with E-state index in [1.54, 1.807) is 0 Å². The van der Waals surface area contributed by atoms with E-state index in [1.807, 2.05) is 4.90 Å². The molecule has 1 amide bonds. The molecule has 0 radical (unpaired) electrons. The molecule has 1 aliphatic carbocycles. The molecular formula is C15H16FNO2.